The quantitative estimate of drug-likeness (QED) is 0.126. The van der Waals surface area contributed by atoms with Crippen molar-refractivity contribution in [2.45, 2.75) is 20.5 Å². The van der Waals surface area contributed by atoms with Crippen LogP contribution in [0.15, 0.2) is 63.1 Å². The highest BCUT2D eigenvalue weighted by Gasteiger charge is 2.20. The Morgan fingerprint density at radius 1 is 1.12 bits per heavy atom. The minimum Gasteiger partial charge on any atom is -0.503 e. The highest BCUT2D eigenvalue weighted by atomic mass is 16.6. The van der Waals surface area contributed by atoms with Crippen LogP contribution in [-0.4, -0.2) is 33.0 Å². The lowest BCUT2D eigenvalue weighted by Gasteiger charge is -2.16. The first-order chi connectivity index (χ1) is 15.9. The van der Waals surface area contributed by atoms with Crippen LogP contribution in [0.2, 0.25) is 0 Å². The summed E-state index contributed by atoms with van der Waals surface area (Å²) in [5.41, 5.74) is 3.25. The summed E-state index contributed by atoms with van der Waals surface area (Å²) in [6.45, 7) is 3.68. The molecule has 2 aromatic carbocycles. The van der Waals surface area contributed by atoms with Crippen molar-refractivity contribution in [3.63, 3.8) is 0 Å². The Kier molecular flexibility index (Phi) is 7.50. The topological polar surface area (TPSA) is 96.6 Å². The molecule has 0 aliphatic heterocycles. The molecule has 0 aliphatic carbocycles. The number of fused-ring (bicyclic) bond motifs is 1. The first-order valence-electron chi connectivity index (χ1n) is 10.1. The number of esters is 1. The van der Waals surface area contributed by atoms with Gasteiger partial charge in [-0.2, -0.15) is 0 Å². The fraction of sp³-hybridized carbons (Fsp3) is 0.240. The molecule has 172 valence electrons. The number of aryl methyl sites for hydroxylation is 1. The van der Waals surface area contributed by atoms with Crippen molar-refractivity contribution in [2.24, 2.45) is 5.16 Å². The van der Waals surface area contributed by atoms with Crippen LogP contribution in [0.3, 0.4) is 0 Å². The van der Waals surface area contributed by atoms with Gasteiger partial charge in [-0.25, -0.2) is 9.59 Å². The summed E-state index contributed by atoms with van der Waals surface area (Å²) in [5, 5.41) is 4.78. The van der Waals surface area contributed by atoms with Gasteiger partial charge in [-0.3, -0.25) is 0 Å². The summed E-state index contributed by atoms with van der Waals surface area (Å²) in [6.07, 6.45) is 1.33. The molecule has 0 amide bonds. The molecule has 0 saturated carbocycles. The molecule has 0 bridgehead atoms. The highest BCUT2D eigenvalue weighted by Crippen LogP contribution is 2.31. The maximum atomic E-state index is 12.3. The number of hydrogen-bond donors (Lipinski definition) is 0. The molecule has 0 saturated heterocycles. The van der Waals surface area contributed by atoms with Crippen molar-refractivity contribution in [3.05, 3.63) is 81.4 Å². The van der Waals surface area contributed by atoms with Crippen LogP contribution in [0.25, 0.3) is 16.5 Å². The van der Waals surface area contributed by atoms with E-state index in [1.165, 1.54) is 33.7 Å². The summed E-state index contributed by atoms with van der Waals surface area (Å²) < 4.78 is 21.6. The first-order valence-corrected chi connectivity index (χ1v) is 10.1. The Hall–Kier alpha value is -4.07. The van der Waals surface area contributed by atoms with Gasteiger partial charge >= 0.3 is 11.6 Å². The average molecular weight is 451 g/mol. The van der Waals surface area contributed by atoms with Crippen molar-refractivity contribution in [1.82, 2.24) is 0 Å². The lowest BCUT2D eigenvalue weighted by molar-refractivity contribution is -0.133. The van der Waals surface area contributed by atoms with E-state index in [0.29, 0.717) is 28.2 Å². The lowest BCUT2D eigenvalue weighted by Crippen LogP contribution is -2.10. The summed E-state index contributed by atoms with van der Waals surface area (Å²) in [4.78, 5) is 29.3. The van der Waals surface area contributed by atoms with Crippen molar-refractivity contribution >= 4 is 28.2 Å². The number of carbonyl (C=O) groups excluding carboxylic acids is 1. The number of rotatable bonds is 8. The Labute approximate surface area is 191 Å². The summed E-state index contributed by atoms with van der Waals surface area (Å²) in [5.74, 6) is -0.0873. The van der Waals surface area contributed by atoms with Gasteiger partial charge in [0.25, 0.3) is 0 Å². The standard InChI is InChI=1S/C25H25NO7/c1-15-12-22(27)33-24-18(15)10-11-21(23(24)16(2)26-31-5)32-13-17-8-6-7-9-19(17)20(14-29-3)25(28)30-4/h6-12,14H,13H2,1-5H3/b20-14+,26-16+. The molecule has 3 rings (SSSR count). The van der Waals surface area contributed by atoms with Crippen LogP contribution in [0.4, 0.5) is 0 Å². The third kappa shape index (κ3) is 5.06. The minimum absolute atomic E-state index is 0.114. The molecule has 33 heavy (non-hydrogen) atoms. The van der Waals surface area contributed by atoms with E-state index in [1.54, 1.807) is 25.1 Å². The van der Waals surface area contributed by atoms with Gasteiger partial charge in [-0.05, 0) is 42.7 Å². The monoisotopic (exact) mass is 451 g/mol. The third-order valence-electron chi connectivity index (χ3n) is 5.00. The van der Waals surface area contributed by atoms with Crippen LogP contribution < -0.4 is 10.4 Å². The van der Waals surface area contributed by atoms with Gasteiger partial charge in [0, 0.05) is 11.5 Å². The molecule has 0 N–H and O–H groups in total. The molecule has 0 spiro atoms. The third-order valence-corrected chi connectivity index (χ3v) is 5.00. The molecular weight excluding hydrogens is 426 g/mol. The average Bonchev–Trinajstić information content (AvgIpc) is 2.80. The second-order valence-corrected chi connectivity index (χ2v) is 7.13. The number of benzene rings is 2. The summed E-state index contributed by atoms with van der Waals surface area (Å²) in [6, 6.07) is 12.3. The van der Waals surface area contributed by atoms with Gasteiger partial charge in [0.05, 0.1) is 31.8 Å². The zero-order chi connectivity index (χ0) is 24.0. The second-order valence-electron chi connectivity index (χ2n) is 7.13. The first kappa shape index (κ1) is 23.6. The summed E-state index contributed by atoms with van der Waals surface area (Å²) >= 11 is 0. The van der Waals surface area contributed by atoms with Gasteiger partial charge in [-0.1, -0.05) is 29.4 Å². The molecular formula is C25H25NO7. The number of methoxy groups -OCH3 is 2. The van der Waals surface area contributed by atoms with E-state index in [9.17, 15) is 9.59 Å². The van der Waals surface area contributed by atoms with Gasteiger partial charge in [0.2, 0.25) is 0 Å². The molecule has 1 aromatic heterocycles. The molecule has 8 heteroatoms. The van der Waals surface area contributed by atoms with Crippen molar-refractivity contribution in [2.75, 3.05) is 21.3 Å². The second kappa shape index (κ2) is 10.5. The van der Waals surface area contributed by atoms with E-state index in [0.717, 1.165) is 16.5 Å². The van der Waals surface area contributed by atoms with Gasteiger partial charge in [0.1, 0.15) is 25.0 Å². The highest BCUT2D eigenvalue weighted by molar-refractivity contribution is 6.16. The van der Waals surface area contributed by atoms with E-state index in [1.807, 2.05) is 25.1 Å². The Morgan fingerprint density at radius 2 is 1.88 bits per heavy atom. The van der Waals surface area contributed by atoms with Crippen LogP contribution in [-0.2, 0) is 25.7 Å². The van der Waals surface area contributed by atoms with E-state index in [4.69, 9.17) is 23.5 Å². The molecule has 3 aromatic rings. The Balaban J connectivity index is 2.08. The smallest absolute Gasteiger partial charge is 0.341 e. The van der Waals surface area contributed by atoms with Crippen molar-refractivity contribution in [3.8, 4) is 5.75 Å². The van der Waals surface area contributed by atoms with Crippen molar-refractivity contribution < 1.29 is 28.3 Å². The maximum absolute atomic E-state index is 12.3. The molecule has 0 fully saturated rings. The zero-order valence-corrected chi connectivity index (χ0v) is 19.1. The molecule has 8 nitrogen and oxygen atoms in total. The van der Waals surface area contributed by atoms with Crippen molar-refractivity contribution in [1.29, 1.82) is 0 Å². The molecule has 0 unspecified atom stereocenters. The van der Waals surface area contributed by atoms with Crippen LogP contribution >= 0.6 is 0 Å². The lowest BCUT2D eigenvalue weighted by atomic mass is 10.0. The number of oxime groups is 1. The predicted molar refractivity (Wildman–Crippen MR) is 124 cm³/mol. The molecule has 0 radical (unpaired) electrons. The number of hydrogen-bond acceptors (Lipinski definition) is 8. The fourth-order valence-electron chi connectivity index (χ4n) is 3.52. The Morgan fingerprint density at radius 3 is 2.58 bits per heavy atom. The molecule has 1 heterocycles. The van der Waals surface area contributed by atoms with Crippen LogP contribution in [0.1, 0.15) is 29.2 Å². The van der Waals surface area contributed by atoms with Crippen LogP contribution in [0.5, 0.6) is 5.75 Å². The minimum atomic E-state index is -0.531. The largest absolute Gasteiger partial charge is 0.503 e. The number of carbonyl (C=O) groups is 1. The normalized spacial score (nSPS) is 11.9. The maximum Gasteiger partial charge on any atom is 0.341 e. The molecule has 0 atom stereocenters. The summed E-state index contributed by atoms with van der Waals surface area (Å²) in [7, 11) is 4.19. The van der Waals surface area contributed by atoms with E-state index < -0.39 is 11.6 Å². The fourth-order valence-corrected chi connectivity index (χ4v) is 3.52. The van der Waals surface area contributed by atoms with E-state index in [2.05, 4.69) is 5.16 Å². The van der Waals surface area contributed by atoms with E-state index in [-0.39, 0.29) is 12.2 Å². The van der Waals surface area contributed by atoms with Gasteiger partial charge in [0.15, 0.2) is 5.58 Å². The van der Waals surface area contributed by atoms with Gasteiger partial charge in [-0.15, -0.1) is 0 Å². The SMILES string of the molecule is CO/C=C(/C(=O)OC)c1ccccc1COc1ccc2c(C)cc(=O)oc2c1/C(C)=N/OC. The molecule has 0 aliphatic rings. The van der Waals surface area contributed by atoms with Crippen LogP contribution in [0, 0.1) is 6.92 Å². The predicted octanol–water partition coefficient (Wildman–Crippen LogP) is 4.21. The van der Waals surface area contributed by atoms with E-state index >= 15 is 0 Å². The van der Waals surface area contributed by atoms with Gasteiger partial charge < -0.3 is 23.5 Å². The number of nitrogens with zero attached hydrogens (tertiary/aromatic N) is 1. The zero-order valence-electron chi connectivity index (χ0n) is 19.1. The number of ether oxygens (including phenoxy) is 3. The Bertz CT molecular complexity index is 1290.